The number of hydrogen-bond acceptors (Lipinski definition) is 4. The molecule has 0 atom stereocenters. The summed E-state index contributed by atoms with van der Waals surface area (Å²) >= 11 is 0. The highest BCUT2D eigenvalue weighted by molar-refractivity contribution is 5.96. The molecule has 2 N–H and O–H groups in total. The van der Waals surface area contributed by atoms with Crippen LogP contribution in [0.5, 0.6) is 0 Å². The lowest BCUT2D eigenvalue weighted by atomic mass is 10.2. The Bertz CT molecular complexity index is 645. The van der Waals surface area contributed by atoms with Gasteiger partial charge in [-0.2, -0.15) is 0 Å². The maximum absolute atomic E-state index is 11.0. The Morgan fingerprint density at radius 3 is 2.14 bits per heavy atom. The van der Waals surface area contributed by atoms with E-state index in [1.54, 1.807) is 4.90 Å². The Morgan fingerprint density at radius 2 is 1.68 bits per heavy atom. The van der Waals surface area contributed by atoms with Gasteiger partial charge in [0.2, 0.25) is 5.91 Å². The van der Waals surface area contributed by atoms with Crippen molar-refractivity contribution in [2.75, 3.05) is 6.54 Å². The van der Waals surface area contributed by atoms with Gasteiger partial charge in [-0.05, 0) is 27.7 Å². The van der Waals surface area contributed by atoms with Gasteiger partial charge in [-0.1, -0.05) is 0 Å². The molecule has 2 rings (SSSR count). The van der Waals surface area contributed by atoms with E-state index in [1.807, 2.05) is 27.7 Å². The van der Waals surface area contributed by atoms with Crippen LogP contribution in [0.1, 0.15) is 40.2 Å². The third kappa shape index (κ3) is 4.87. The Balaban J connectivity index is 0.000000220. The molecule has 3 amide bonds. The first-order chi connectivity index (χ1) is 10.2. The Labute approximate surface area is 128 Å². The number of H-pyrrole nitrogens is 1. The van der Waals surface area contributed by atoms with Gasteiger partial charge in [0.05, 0.1) is 0 Å². The summed E-state index contributed by atoms with van der Waals surface area (Å²) in [5.41, 5.74) is -0.709. The summed E-state index contributed by atoms with van der Waals surface area (Å²) in [6, 6.07) is 1.32. The fraction of sp³-hybridized carbons (Fsp3) is 0.571. The normalized spacial score (nSPS) is 14.7. The number of aromatic nitrogens is 2. The third-order valence-electron chi connectivity index (χ3n) is 3.12. The highest BCUT2D eigenvalue weighted by Crippen LogP contribution is 2.04. The number of carbonyl (C=O) groups excluding carboxylic acids is 2. The van der Waals surface area contributed by atoms with Crippen LogP contribution in [0.15, 0.2) is 21.9 Å². The summed E-state index contributed by atoms with van der Waals surface area (Å²) in [7, 11) is 0. The molecule has 0 aromatic carbocycles. The zero-order valence-corrected chi connectivity index (χ0v) is 13.3. The second kappa shape index (κ2) is 7.58. The Hall–Kier alpha value is -2.38. The lowest BCUT2D eigenvalue weighted by Crippen LogP contribution is -2.51. The molecule has 0 saturated carbocycles. The van der Waals surface area contributed by atoms with E-state index in [9.17, 15) is 19.2 Å². The van der Waals surface area contributed by atoms with E-state index in [-0.39, 0.29) is 35.3 Å². The molecule has 0 bridgehead atoms. The van der Waals surface area contributed by atoms with Gasteiger partial charge >= 0.3 is 11.7 Å². The van der Waals surface area contributed by atoms with Gasteiger partial charge in [0, 0.05) is 37.3 Å². The van der Waals surface area contributed by atoms with Crippen molar-refractivity contribution in [3.8, 4) is 0 Å². The van der Waals surface area contributed by atoms with Crippen LogP contribution in [0, 0.1) is 0 Å². The van der Waals surface area contributed by atoms with Crippen molar-refractivity contribution in [1.82, 2.24) is 19.8 Å². The molecule has 1 aliphatic heterocycles. The zero-order chi connectivity index (χ0) is 16.9. The Kier molecular flexibility index (Phi) is 6.09. The average Bonchev–Trinajstić information content (AvgIpc) is 2.38. The van der Waals surface area contributed by atoms with Crippen molar-refractivity contribution in [1.29, 1.82) is 0 Å². The Morgan fingerprint density at radius 1 is 1.05 bits per heavy atom. The summed E-state index contributed by atoms with van der Waals surface area (Å²) < 4.78 is 1.46. The lowest BCUT2D eigenvalue weighted by Gasteiger charge is -2.29. The van der Waals surface area contributed by atoms with Crippen molar-refractivity contribution in [3.05, 3.63) is 33.1 Å². The van der Waals surface area contributed by atoms with Gasteiger partial charge < -0.3 is 4.90 Å². The van der Waals surface area contributed by atoms with Gasteiger partial charge in [0.15, 0.2) is 0 Å². The molecule has 122 valence electrons. The number of urea groups is 1. The maximum atomic E-state index is 11.0. The number of aromatic amines is 1. The van der Waals surface area contributed by atoms with Crippen molar-refractivity contribution < 1.29 is 9.59 Å². The molecule has 8 heteroatoms. The minimum Gasteiger partial charge on any atom is -0.322 e. The topological polar surface area (TPSA) is 104 Å². The minimum atomic E-state index is -0.355. The van der Waals surface area contributed by atoms with Crippen LogP contribution in [-0.2, 0) is 4.79 Å². The second-order valence-electron chi connectivity index (χ2n) is 5.50. The third-order valence-corrected chi connectivity index (χ3v) is 3.12. The predicted molar refractivity (Wildman–Crippen MR) is 81.7 cm³/mol. The molecule has 0 unspecified atom stereocenters. The van der Waals surface area contributed by atoms with Crippen LogP contribution in [0.2, 0.25) is 0 Å². The standard InChI is InChI=1S/C7H12N2O2.C7H10N2O2/c2*1-5(2)9-4-3-6(10)8-7(9)11/h5H,3-4H2,1-2H3,(H,8,10,11);3-5H,1-2H3,(H,8,10,11). The highest BCUT2D eigenvalue weighted by Gasteiger charge is 2.24. The largest absolute Gasteiger partial charge is 0.328 e. The monoisotopic (exact) mass is 310 g/mol. The summed E-state index contributed by atoms with van der Waals surface area (Å²) in [6.45, 7) is 8.15. The molecular weight excluding hydrogens is 288 g/mol. The summed E-state index contributed by atoms with van der Waals surface area (Å²) in [5, 5.41) is 2.26. The molecule has 2 heterocycles. The quantitative estimate of drug-likeness (QED) is 0.827. The van der Waals surface area contributed by atoms with Crippen molar-refractivity contribution in [3.63, 3.8) is 0 Å². The molecule has 1 aromatic rings. The van der Waals surface area contributed by atoms with Gasteiger partial charge in [-0.15, -0.1) is 0 Å². The number of nitrogens with one attached hydrogen (secondary N) is 2. The number of imide groups is 1. The van der Waals surface area contributed by atoms with E-state index < -0.39 is 0 Å². The molecule has 0 radical (unpaired) electrons. The maximum Gasteiger partial charge on any atom is 0.328 e. The fourth-order valence-corrected chi connectivity index (χ4v) is 1.90. The van der Waals surface area contributed by atoms with E-state index in [0.717, 1.165) is 0 Å². The number of hydrogen-bond donors (Lipinski definition) is 2. The second-order valence-corrected chi connectivity index (χ2v) is 5.50. The zero-order valence-electron chi connectivity index (χ0n) is 13.3. The van der Waals surface area contributed by atoms with E-state index in [0.29, 0.717) is 13.0 Å². The summed E-state index contributed by atoms with van der Waals surface area (Å²) in [5.74, 6) is -0.174. The lowest BCUT2D eigenvalue weighted by molar-refractivity contribution is -0.121. The average molecular weight is 310 g/mol. The van der Waals surface area contributed by atoms with Gasteiger partial charge in [-0.25, -0.2) is 9.59 Å². The minimum absolute atomic E-state index is 0.0827. The smallest absolute Gasteiger partial charge is 0.322 e. The van der Waals surface area contributed by atoms with Crippen molar-refractivity contribution in [2.24, 2.45) is 0 Å². The molecule has 1 saturated heterocycles. The first-order valence-electron chi connectivity index (χ1n) is 7.14. The van der Waals surface area contributed by atoms with Crippen molar-refractivity contribution >= 4 is 11.9 Å². The summed E-state index contributed by atoms with van der Waals surface area (Å²) in [4.78, 5) is 47.1. The van der Waals surface area contributed by atoms with Gasteiger partial charge in [0.1, 0.15) is 0 Å². The van der Waals surface area contributed by atoms with E-state index in [2.05, 4.69) is 10.3 Å². The first-order valence-corrected chi connectivity index (χ1v) is 7.14. The van der Waals surface area contributed by atoms with E-state index in [4.69, 9.17) is 0 Å². The van der Waals surface area contributed by atoms with E-state index in [1.165, 1.54) is 16.8 Å². The number of rotatable bonds is 2. The number of nitrogens with zero attached hydrogens (tertiary/aromatic N) is 2. The molecule has 1 aliphatic rings. The van der Waals surface area contributed by atoms with Gasteiger partial charge in [-0.3, -0.25) is 24.5 Å². The molecule has 1 fully saturated rings. The van der Waals surface area contributed by atoms with Crippen LogP contribution < -0.4 is 16.6 Å². The van der Waals surface area contributed by atoms with Gasteiger partial charge in [0.25, 0.3) is 5.56 Å². The summed E-state index contributed by atoms with van der Waals surface area (Å²) in [6.07, 6.45) is 1.91. The molecule has 0 aliphatic carbocycles. The van der Waals surface area contributed by atoms with Crippen LogP contribution in [0.4, 0.5) is 4.79 Å². The van der Waals surface area contributed by atoms with Crippen LogP contribution in [0.3, 0.4) is 0 Å². The van der Waals surface area contributed by atoms with Crippen molar-refractivity contribution in [2.45, 2.75) is 46.2 Å². The van der Waals surface area contributed by atoms with Crippen LogP contribution >= 0.6 is 0 Å². The number of carbonyl (C=O) groups is 2. The molecule has 22 heavy (non-hydrogen) atoms. The molecule has 1 aromatic heterocycles. The fourth-order valence-electron chi connectivity index (χ4n) is 1.90. The highest BCUT2D eigenvalue weighted by atomic mass is 16.2. The predicted octanol–water partition coefficient (Wildman–Crippen LogP) is 0.454. The van der Waals surface area contributed by atoms with E-state index >= 15 is 0 Å². The number of amides is 3. The SMILES string of the molecule is CC(C)N1CCC(=O)NC1=O.CC(C)n1ccc(=O)[nH]c1=O. The van der Waals surface area contributed by atoms with Crippen LogP contribution in [-0.4, -0.2) is 39.0 Å². The molecule has 8 nitrogen and oxygen atoms in total. The molecule has 0 spiro atoms. The molecular formula is C14H22N4O4. The first kappa shape index (κ1) is 17.7. The van der Waals surface area contributed by atoms with Crippen LogP contribution in [0.25, 0.3) is 0 Å².